The molecule has 2 fully saturated rings. The Hall–Kier alpha value is -2.02. The molecule has 0 aliphatic carbocycles. The quantitative estimate of drug-likeness (QED) is 0.764. The minimum Gasteiger partial charge on any atom is -0.383 e. The van der Waals surface area contributed by atoms with Gasteiger partial charge in [0.1, 0.15) is 6.33 Å². The number of carbonyl (C=O) groups excluding carboxylic acids is 2. The van der Waals surface area contributed by atoms with E-state index in [0.29, 0.717) is 39.1 Å². The van der Waals surface area contributed by atoms with Crippen LogP contribution in [0.5, 0.6) is 0 Å². The summed E-state index contributed by atoms with van der Waals surface area (Å²) in [6.07, 6.45) is 9.65. The zero-order valence-corrected chi connectivity index (χ0v) is 15.5. The number of carbonyl (C=O) groups is 2. The second-order valence-corrected chi connectivity index (χ2v) is 7.30. The summed E-state index contributed by atoms with van der Waals surface area (Å²) in [7, 11) is 1.66. The Labute approximate surface area is 154 Å². The Balaban J connectivity index is 1.51. The van der Waals surface area contributed by atoms with Crippen LogP contribution < -0.4 is 0 Å². The van der Waals surface area contributed by atoms with Gasteiger partial charge < -0.3 is 14.5 Å². The van der Waals surface area contributed by atoms with Crippen LogP contribution in [0, 0.1) is 5.41 Å². The van der Waals surface area contributed by atoms with Crippen LogP contribution in [0.15, 0.2) is 18.7 Å². The van der Waals surface area contributed by atoms with Crippen molar-refractivity contribution in [1.82, 2.24) is 19.8 Å². The molecule has 0 unspecified atom stereocenters. The van der Waals surface area contributed by atoms with Crippen molar-refractivity contribution in [2.75, 3.05) is 39.9 Å². The molecule has 0 saturated carbocycles. The van der Waals surface area contributed by atoms with Gasteiger partial charge in [-0.3, -0.25) is 9.59 Å². The summed E-state index contributed by atoms with van der Waals surface area (Å²) in [4.78, 5) is 37.3. The van der Waals surface area contributed by atoms with Gasteiger partial charge in [0.2, 0.25) is 11.8 Å². The van der Waals surface area contributed by atoms with E-state index in [-0.39, 0.29) is 17.2 Å². The van der Waals surface area contributed by atoms with E-state index < -0.39 is 0 Å². The van der Waals surface area contributed by atoms with Crippen molar-refractivity contribution in [3.8, 4) is 0 Å². The fourth-order valence-corrected chi connectivity index (χ4v) is 4.08. The number of aromatic nitrogens is 2. The van der Waals surface area contributed by atoms with Gasteiger partial charge in [-0.15, -0.1) is 0 Å². The lowest BCUT2D eigenvalue weighted by Gasteiger charge is -2.46. The van der Waals surface area contributed by atoms with Crippen molar-refractivity contribution < 1.29 is 14.3 Å². The van der Waals surface area contributed by atoms with Crippen LogP contribution in [0.1, 0.15) is 37.7 Å². The third-order valence-corrected chi connectivity index (χ3v) is 5.70. The molecule has 2 aliphatic rings. The van der Waals surface area contributed by atoms with Crippen molar-refractivity contribution in [2.45, 2.75) is 38.5 Å². The lowest BCUT2D eigenvalue weighted by Crippen LogP contribution is -2.54. The molecular formula is C19H28N4O3. The third kappa shape index (κ3) is 4.20. The first-order chi connectivity index (χ1) is 12.6. The van der Waals surface area contributed by atoms with E-state index >= 15 is 0 Å². The maximum Gasteiger partial charge on any atom is 0.229 e. The minimum absolute atomic E-state index is 0.156. The van der Waals surface area contributed by atoms with Crippen LogP contribution in [0.3, 0.4) is 0 Å². The molecular weight excluding hydrogens is 332 g/mol. The normalized spacial score (nSPS) is 19.8. The molecule has 1 aromatic rings. The molecule has 2 amide bonds. The van der Waals surface area contributed by atoms with Gasteiger partial charge in [-0.25, -0.2) is 9.97 Å². The Morgan fingerprint density at radius 1 is 1.19 bits per heavy atom. The zero-order valence-electron chi connectivity index (χ0n) is 15.5. The highest BCUT2D eigenvalue weighted by atomic mass is 16.5. The topological polar surface area (TPSA) is 75.6 Å². The molecule has 0 atom stereocenters. The number of methoxy groups -OCH3 is 1. The van der Waals surface area contributed by atoms with E-state index in [1.54, 1.807) is 19.5 Å². The lowest BCUT2D eigenvalue weighted by molar-refractivity contribution is -0.153. The van der Waals surface area contributed by atoms with E-state index in [1.807, 2.05) is 9.80 Å². The van der Waals surface area contributed by atoms with E-state index in [2.05, 4.69) is 9.97 Å². The zero-order chi connectivity index (χ0) is 18.4. The van der Waals surface area contributed by atoms with Crippen molar-refractivity contribution in [1.29, 1.82) is 0 Å². The minimum atomic E-state index is -0.268. The average molecular weight is 360 g/mol. The van der Waals surface area contributed by atoms with Gasteiger partial charge in [0.25, 0.3) is 0 Å². The number of rotatable bonds is 6. The molecule has 7 heteroatoms. The van der Waals surface area contributed by atoms with Crippen molar-refractivity contribution in [3.05, 3.63) is 24.3 Å². The summed E-state index contributed by atoms with van der Waals surface area (Å²) < 4.78 is 5.12. The second kappa shape index (κ2) is 8.58. The predicted octanol–water partition coefficient (Wildman–Crippen LogP) is 1.29. The van der Waals surface area contributed by atoms with E-state index in [0.717, 1.165) is 37.8 Å². The summed E-state index contributed by atoms with van der Waals surface area (Å²) in [5, 5.41) is 0. The lowest BCUT2D eigenvalue weighted by atomic mass is 9.71. The number of piperidine rings is 2. The number of amides is 2. The first-order valence-corrected chi connectivity index (χ1v) is 9.45. The molecule has 3 heterocycles. The number of aryl methyl sites for hydroxylation is 1. The number of ether oxygens (including phenoxy) is 1. The van der Waals surface area contributed by atoms with Crippen LogP contribution in [0.25, 0.3) is 0 Å². The third-order valence-electron chi connectivity index (χ3n) is 5.70. The van der Waals surface area contributed by atoms with Crippen molar-refractivity contribution in [2.24, 2.45) is 5.41 Å². The first-order valence-electron chi connectivity index (χ1n) is 9.45. The molecule has 0 aromatic carbocycles. The molecule has 2 aliphatic heterocycles. The summed E-state index contributed by atoms with van der Waals surface area (Å²) >= 11 is 0. The van der Waals surface area contributed by atoms with Crippen LogP contribution in [0.2, 0.25) is 0 Å². The monoisotopic (exact) mass is 360 g/mol. The van der Waals surface area contributed by atoms with Crippen LogP contribution in [0.4, 0.5) is 0 Å². The number of likely N-dealkylation sites (tertiary alicyclic amines) is 2. The van der Waals surface area contributed by atoms with Gasteiger partial charge >= 0.3 is 0 Å². The largest absolute Gasteiger partial charge is 0.383 e. The average Bonchev–Trinajstić information content (AvgIpc) is 2.69. The van der Waals surface area contributed by atoms with Crippen molar-refractivity contribution in [3.63, 3.8) is 0 Å². The maximum absolute atomic E-state index is 12.9. The van der Waals surface area contributed by atoms with E-state index in [4.69, 9.17) is 4.74 Å². The number of hydrogen-bond acceptors (Lipinski definition) is 5. The highest BCUT2D eigenvalue weighted by Gasteiger charge is 2.45. The van der Waals surface area contributed by atoms with Crippen molar-refractivity contribution >= 4 is 11.8 Å². The number of nitrogens with zero attached hydrogens (tertiary/aromatic N) is 4. The Morgan fingerprint density at radius 2 is 1.92 bits per heavy atom. The fourth-order valence-electron chi connectivity index (χ4n) is 4.08. The first kappa shape index (κ1) is 18.8. The number of hydrogen-bond donors (Lipinski definition) is 0. The summed E-state index contributed by atoms with van der Waals surface area (Å²) in [6, 6.07) is 0. The summed E-state index contributed by atoms with van der Waals surface area (Å²) in [5.74, 6) is 0.414. The molecule has 1 aromatic heterocycles. The molecule has 142 valence electrons. The van der Waals surface area contributed by atoms with Crippen LogP contribution in [-0.2, 0) is 20.7 Å². The second-order valence-electron chi connectivity index (χ2n) is 7.30. The van der Waals surface area contributed by atoms with Crippen LogP contribution in [-0.4, -0.2) is 71.5 Å². The smallest absolute Gasteiger partial charge is 0.229 e. The highest BCUT2D eigenvalue weighted by molar-refractivity contribution is 5.84. The van der Waals surface area contributed by atoms with Crippen LogP contribution >= 0.6 is 0 Å². The molecule has 0 N–H and O–H groups in total. The molecule has 1 spiro atoms. The molecule has 0 radical (unpaired) electrons. The Bertz CT molecular complexity index is 614. The Kier molecular flexibility index (Phi) is 6.19. The summed E-state index contributed by atoms with van der Waals surface area (Å²) in [6.45, 7) is 3.42. The molecule has 26 heavy (non-hydrogen) atoms. The molecule has 7 nitrogen and oxygen atoms in total. The van der Waals surface area contributed by atoms with E-state index in [1.165, 1.54) is 6.33 Å². The van der Waals surface area contributed by atoms with Gasteiger partial charge in [0, 0.05) is 52.1 Å². The summed E-state index contributed by atoms with van der Waals surface area (Å²) in [5.41, 5.74) is 0.710. The fraction of sp³-hybridized carbons (Fsp3) is 0.684. The standard InChI is InChI=1S/C19H28N4O3/c1-26-12-11-23-8-2-5-19(18(23)25)6-9-22(10-7-19)17(24)4-3-16-13-20-15-21-14-16/h13-15H,2-12H2,1H3. The van der Waals surface area contributed by atoms with Gasteiger partial charge in [0.05, 0.1) is 12.0 Å². The van der Waals surface area contributed by atoms with E-state index in [9.17, 15) is 9.59 Å². The highest BCUT2D eigenvalue weighted by Crippen LogP contribution is 2.41. The Morgan fingerprint density at radius 3 is 2.62 bits per heavy atom. The van der Waals surface area contributed by atoms with Gasteiger partial charge in [-0.2, -0.15) is 0 Å². The van der Waals surface area contributed by atoms with Gasteiger partial charge in [0.15, 0.2) is 0 Å². The SMILES string of the molecule is COCCN1CCCC2(CCN(C(=O)CCc3cncnc3)CC2)C1=O. The van der Waals surface area contributed by atoms with Gasteiger partial charge in [-0.05, 0) is 37.7 Å². The van der Waals surface area contributed by atoms with Gasteiger partial charge in [-0.1, -0.05) is 0 Å². The predicted molar refractivity (Wildman–Crippen MR) is 96.3 cm³/mol. The maximum atomic E-state index is 12.9. The molecule has 2 saturated heterocycles. The molecule has 0 bridgehead atoms. The molecule has 3 rings (SSSR count).